The molecule has 0 aromatic heterocycles. The van der Waals surface area contributed by atoms with E-state index in [1.807, 2.05) is 6.07 Å². The first-order valence-electron chi connectivity index (χ1n) is 6.35. The van der Waals surface area contributed by atoms with Gasteiger partial charge in [-0.25, -0.2) is 4.39 Å². The lowest BCUT2D eigenvalue weighted by atomic mass is 10.1. The molecule has 0 saturated carbocycles. The van der Waals surface area contributed by atoms with E-state index in [9.17, 15) is 4.39 Å². The molecular weight excluding hydrogens is 295 g/mol. The van der Waals surface area contributed by atoms with Crippen LogP contribution < -0.4 is 0 Å². The number of rotatable bonds is 4. The van der Waals surface area contributed by atoms with E-state index >= 15 is 0 Å². The fraction of sp³-hybridized carbons (Fsp3) is 0.571. The van der Waals surface area contributed by atoms with Crippen molar-refractivity contribution in [3.8, 4) is 0 Å². The van der Waals surface area contributed by atoms with Gasteiger partial charge in [0.2, 0.25) is 0 Å². The number of nitrogens with zero attached hydrogens (tertiary/aromatic N) is 2. The molecule has 1 heterocycles. The van der Waals surface area contributed by atoms with Gasteiger partial charge >= 0.3 is 0 Å². The Labute approximate surface area is 117 Å². The number of benzene rings is 1. The standard InChI is InChI=1S/C14H20BrFN2/c1-17-4-3-11(8-17)9-18(2)10-12-5-13(15)7-14(16)6-12/h5-7,11H,3-4,8-10H2,1-2H3. The normalized spacial score (nSPS) is 20.8. The second kappa shape index (κ2) is 6.13. The summed E-state index contributed by atoms with van der Waals surface area (Å²) in [7, 11) is 4.28. The first-order chi connectivity index (χ1) is 8.52. The van der Waals surface area contributed by atoms with Crippen LogP contribution in [0.1, 0.15) is 12.0 Å². The van der Waals surface area contributed by atoms with Gasteiger partial charge in [0.15, 0.2) is 0 Å². The van der Waals surface area contributed by atoms with E-state index in [1.54, 1.807) is 6.07 Å². The van der Waals surface area contributed by atoms with E-state index in [2.05, 4.69) is 39.8 Å². The minimum absolute atomic E-state index is 0.173. The van der Waals surface area contributed by atoms with Crippen LogP contribution in [0.2, 0.25) is 0 Å². The molecule has 1 aliphatic heterocycles. The van der Waals surface area contributed by atoms with Crippen LogP contribution in [0.3, 0.4) is 0 Å². The van der Waals surface area contributed by atoms with Crippen molar-refractivity contribution in [3.63, 3.8) is 0 Å². The minimum atomic E-state index is -0.173. The predicted octanol–water partition coefficient (Wildman–Crippen LogP) is 2.97. The molecule has 0 spiro atoms. The third-order valence-electron chi connectivity index (χ3n) is 3.43. The Morgan fingerprint density at radius 2 is 2.22 bits per heavy atom. The maximum absolute atomic E-state index is 13.3. The minimum Gasteiger partial charge on any atom is -0.306 e. The summed E-state index contributed by atoms with van der Waals surface area (Å²) in [6, 6.07) is 5.10. The van der Waals surface area contributed by atoms with Crippen LogP contribution in [-0.2, 0) is 6.54 Å². The molecule has 18 heavy (non-hydrogen) atoms. The lowest BCUT2D eigenvalue weighted by molar-refractivity contribution is 0.267. The maximum atomic E-state index is 13.3. The zero-order chi connectivity index (χ0) is 13.1. The van der Waals surface area contributed by atoms with Crippen molar-refractivity contribution >= 4 is 15.9 Å². The van der Waals surface area contributed by atoms with Gasteiger partial charge in [-0.15, -0.1) is 0 Å². The van der Waals surface area contributed by atoms with Crippen molar-refractivity contribution < 1.29 is 4.39 Å². The third kappa shape index (κ3) is 4.04. The van der Waals surface area contributed by atoms with Crippen LogP contribution in [0.5, 0.6) is 0 Å². The molecule has 2 rings (SSSR count). The van der Waals surface area contributed by atoms with Crippen molar-refractivity contribution in [3.05, 3.63) is 34.1 Å². The predicted molar refractivity (Wildman–Crippen MR) is 76.0 cm³/mol. The molecule has 1 fully saturated rings. The smallest absolute Gasteiger partial charge is 0.124 e. The first-order valence-corrected chi connectivity index (χ1v) is 7.14. The number of likely N-dealkylation sites (tertiary alicyclic amines) is 1. The molecule has 1 aromatic rings. The van der Waals surface area contributed by atoms with E-state index in [4.69, 9.17) is 0 Å². The van der Waals surface area contributed by atoms with Crippen LogP contribution in [-0.4, -0.2) is 43.5 Å². The number of halogens is 2. The molecular formula is C14H20BrFN2. The van der Waals surface area contributed by atoms with Crippen molar-refractivity contribution in [2.75, 3.05) is 33.7 Å². The van der Waals surface area contributed by atoms with Gasteiger partial charge in [0.05, 0.1) is 0 Å². The number of hydrogen-bond acceptors (Lipinski definition) is 2. The lowest BCUT2D eigenvalue weighted by Crippen LogP contribution is -2.27. The van der Waals surface area contributed by atoms with E-state index in [-0.39, 0.29) is 5.82 Å². The highest BCUT2D eigenvalue weighted by molar-refractivity contribution is 9.10. The van der Waals surface area contributed by atoms with Gasteiger partial charge < -0.3 is 9.80 Å². The largest absolute Gasteiger partial charge is 0.306 e. The summed E-state index contributed by atoms with van der Waals surface area (Å²) in [4.78, 5) is 4.66. The van der Waals surface area contributed by atoms with Crippen molar-refractivity contribution in [2.45, 2.75) is 13.0 Å². The number of hydrogen-bond donors (Lipinski definition) is 0. The fourth-order valence-corrected chi connectivity index (χ4v) is 3.21. The van der Waals surface area contributed by atoms with Crippen LogP contribution in [0.25, 0.3) is 0 Å². The van der Waals surface area contributed by atoms with Gasteiger partial charge in [0.1, 0.15) is 5.82 Å². The van der Waals surface area contributed by atoms with Gasteiger partial charge in [-0.2, -0.15) is 0 Å². The summed E-state index contributed by atoms with van der Waals surface area (Å²) >= 11 is 3.33. The average Bonchev–Trinajstić information content (AvgIpc) is 2.61. The highest BCUT2D eigenvalue weighted by Gasteiger charge is 2.20. The highest BCUT2D eigenvalue weighted by atomic mass is 79.9. The fourth-order valence-electron chi connectivity index (χ4n) is 2.69. The highest BCUT2D eigenvalue weighted by Crippen LogP contribution is 2.18. The average molecular weight is 315 g/mol. The van der Waals surface area contributed by atoms with Crippen molar-refractivity contribution in [1.29, 1.82) is 0 Å². The van der Waals surface area contributed by atoms with Crippen LogP contribution in [0.4, 0.5) is 4.39 Å². The Morgan fingerprint density at radius 3 is 2.83 bits per heavy atom. The second-order valence-corrected chi connectivity index (χ2v) is 6.31. The van der Waals surface area contributed by atoms with Gasteiger partial charge in [-0.1, -0.05) is 15.9 Å². The Kier molecular flexibility index (Phi) is 4.76. The first kappa shape index (κ1) is 14.0. The summed E-state index contributed by atoms with van der Waals surface area (Å²) in [5.74, 6) is 0.574. The van der Waals surface area contributed by atoms with E-state index in [0.29, 0.717) is 0 Å². The molecule has 0 amide bonds. The summed E-state index contributed by atoms with van der Waals surface area (Å²) in [6.07, 6.45) is 1.27. The topological polar surface area (TPSA) is 6.48 Å². The van der Waals surface area contributed by atoms with Crippen LogP contribution in [0, 0.1) is 11.7 Å². The molecule has 0 bridgehead atoms. The lowest BCUT2D eigenvalue weighted by Gasteiger charge is -2.21. The Morgan fingerprint density at radius 1 is 1.44 bits per heavy atom. The van der Waals surface area contributed by atoms with Gasteiger partial charge in [0, 0.05) is 24.1 Å². The van der Waals surface area contributed by atoms with Gasteiger partial charge in [-0.05, 0) is 56.7 Å². The van der Waals surface area contributed by atoms with E-state index < -0.39 is 0 Å². The van der Waals surface area contributed by atoms with Gasteiger partial charge in [-0.3, -0.25) is 0 Å². The zero-order valence-electron chi connectivity index (χ0n) is 11.0. The summed E-state index contributed by atoms with van der Waals surface area (Å²) < 4.78 is 14.1. The maximum Gasteiger partial charge on any atom is 0.124 e. The molecule has 0 radical (unpaired) electrons. The summed E-state index contributed by atoms with van der Waals surface area (Å²) in [5.41, 5.74) is 1.02. The quantitative estimate of drug-likeness (QED) is 0.843. The van der Waals surface area contributed by atoms with Crippen LogP contribution >= 0.6 is 15.9 Å². The SMILES string of the molecule is CN1CCC(CN(C)Cc2cc(F)cc(Br)c2)C1. The van der Waals surface area contributed by atoms with Crippen LogP contribution in [0.15, 0.2) is 22.7 Å². The third-order valence-corrected chi connectivity index (χ3v) is 3.89. The monoisotopic (exact) mass is 314 g/mol. The Hall–Kier alpha value is -0.450. The molecule has 2 nitrogen and oxygen atoms in total. The molecule has 0 N–H and O–H groups in total. The van der Waals surface area contributed by atoms with Gasteiger partial charge in [0.25, 0.3) is 0 Å². The van der Waals surface area contributed by atoms with Crippen molar-refractivity contribution in [1.82, 2.24) is 9.80 Å². The van der Waals surface area contributed by atoms with E-state index in [1.165, 1.54) is 25.6 Å². The molecule has 1 atom stereocenters. The molecule has 1 aliphatic rings. The molecule has 0 aliphatic carbocycles. The Balaban J connectivity index is 1.88. The summed E-state index contributed by atoms with van der Waals surface area (Å²) in [5, 5.41) is 0. The van der Waals surface area contributed by atoms with E-state index in [0.717, 1.165) is 29.0 Å². The molecule has 1 saturated heterocycles. The van der Waals surface area contributed by atoms with Crippen molar-refractivity contribution in [2.24, 2.45) is 5.92 Å². The summed E-state index contributed by atoms with van der Waals surface area (Å²) in [6.45, 7) is 4.26. The second-order valence-electron chi connectivity index (χ2n) is 5.39. The molecule has 1 aromatic carbocycles. The molecule has 100 valence electrons. The zero-order valence-corrected chi connectivity index (χ0v) is 12.6. The molecule has 4 heteroatoms. The Bertz CT molecular complexity index is 391. The molecule has 1 unspecified atom stereocenters.